The van der Waals surface area contributed by atoms with Crippen LogP contribution < -0.4 is 5.73 Å². The topological polar surface area (TPSA) is 47.1 Å². The number of nitrogens with two attached hydrogens (primary N) is 1. The van der Waals surface area contributed by atoms with Crippen molar-refractivity contribution in [3.63, 3.8) is 0 Å². The van der Waals surface area contributed by atoms with E-state index in [4.69, 9.17) is 5.73 Å². The average molecular weight is 224 g/mol. The van der Waals surface area contributed by atoms with Gasteiger partial charge in [-0.1, -0.05) is 13.8 Å². The molecule has 0 aliphatic rings. The third-order valence-corrected chi connectivity index (χ3v) is 2.94. The number of likely N-dealkylation sites (N-methyl/N-ethyl adjacent to an activating group) is 1. The van der Waals surface area contributed by atoms with Crippen molar-refractivity contribution >= 4 is 0 Å². The summed E-state index contributed by atoms with van der Waals surface area (Å²) in [6.45, 7) is 10.2. The lowest BCUT2D eigenvalue weighted by Gasteiger charge is -2.28. The molecule has 0 saturated heterocycles. The van der Waals surface area contributed by atoms with E-state index in [2.05, 4.69) is 37.0 Å². The molecule has 1 heterocycles. The van der Waals surface area contributed by atoms with Crippen LogP contribution in [0, 0.1) is 0 Å². The Labute approximate surface area is 98.4 Å². The Hall–Kier alpha value is -0.870. The lowest BCUT2D eigenvalue weighted by atomic mass is 10.1. The van der Waals surface area contributed by atoms with E-state index >= 15 is 0 Å². The van der Waals surface area contributed by atoms with E-state index in [0.717, 1.165) is 26.1 Å². The van der Waals surface area contributed by atoms with Gasteiger partial charge in [0, 0.05) is 24.8 Å². The van der Waals surface area contributed by atoms with Gasteiger partial charge in [0.05, 0.1) is 12.2 Å². The predicted octanol–water partition coefficient (Wildman–Crippen LogP) is 1.63. The van der Waals surface area contributed by atoms with Crippen LogP contribution in [0.2, 0.25) is 0 Å². The Morgan fingerprint density at radius 1 is 1.44 bits per heavy atom. The molecular formula is C12H24N4. The summed E-state index contributed by atoms with van der Waals surface area (Å²) in [6.07, 6.45) is 5.21. The molecule has 0 bridgehead atoms. The van der Waals surface area contributed by atoms with Crippen LogP contribution in [0.1, 0.15) is 38.8 Å². The molecule has 4 heteroatoms. The summed E-state index contributed by atoms with van der Waals surface area (Å²) in [7, 11) is 0. The van der Waals surface area contributed by atoms with Crippen molar-refractivity contribution < 1.29 is 0 Å². The molecule has 1 rings (SSSR count). The minimum atomic E-state index is 0.310. The summed E-state index contributed by atoms with van der Waals surface area (Å²) in [5, 5.41) is 4.31. The third kappa shape index (κ3) is 3.06. The van der Waals surface area contributed by atoms with Crippen LogP contribution in [0.5, 0.6) is 0 Å². The molecule has 1 atom stereocenters. The zero-order valence-electron chi connectivity index (χ0n) is 10.7. The highest BCUT2D eigenvalue weighted by atomic mass is 15.3. The largest absolute Gasteiger partial charge is 0.329 e. The number of hydrogen-bond acceptors (Lipinski definition) is 3. The van der Waals surface area contributed by atoms with Crippen LogP contribution >= 0.6 is 0 Å². The lowest BCUT2D eigenvalue weighted by Crippen LogP contribution is -2.34. The van der Waals surface area contributed by atoms with Crippen molar-refractivity contribution in [2.24, 2.45) is 5.73 Å². The van der Waals surface area contributed by atoms with E-state index in [9.17, 15) is 0 Å². The molecule has 0 aromatic carbocycles. The third-order valence-electron chi connectivity index (χ3n) is 2.94. The molecule has 0 aliphatic heterocycles. The fraction of sp³-hybridized carbons (Fsp3) is 0.750. The standard InChI is InChI=1S/C12H24N4/c1-4-7-15(5-2)12(8-13)11-9-14-16(6-3)10-11/h9-10,12H,4-8,13H2,1-3H3. The van der Waals surface area contributed by atoms with E-state index < -0.39 is 0 Å². The van der Waals surface area contributed by atoms with E-state index in [0.29, 0.717) is 12.6 Å². The molecule has 1 aromatic rings. The van der Waals surface area contributed by atoms with Gasteiger partial charge in [0.15, 0.2) is 0 Å². The number of hydrogen-bond donors (Lipinski definition) is 1. The molecule has 0 radical (unpaired) electrons. The molecule has 0 saturated carbocycles. The summed E-state index contributed by atoms with van der Waals surface area (Å²) in [6, 6.07) is 0.310. The number of rotatable bonds is 7. The Morgan fingerprint density at radius 2 is 2.19 bits per heavy atom. The SMILES string of the molecule is CCCN(CC)C(CN)c1cnn(CC)c1. The van der Waals surface area contributed by atoms with Crippen molar-refractivity contribution in [1.82, 2.24) is 14.7 Å². The van der Waals surface area contributed by atoms with Crippen LogP contribution in [-0.4, -0.2) is 34.3 Å². The minimum Gasteiger partial charge on any atom is -0.329 e. The minimum absolute atomic E-state index is 0.310. The summed E-state index contributed by atoms with van der Waals surface area (Å²) in [4.78, 5) is 2.41. The highest BCUT2D eigenvalue weighted by Gasteiger charge is 2.18. The second-order valence-electron chi connectivity index (χ2n) is 4.01. The van der Waals surface area contributed by atoms with Gasteiger partial charge >= 0.3 is 0 Å². The van der Waals surface area contributed by atoms with Crippen LogP contribution in [0.15, 0.2) is 12.4 Å². The zero-order valence-corrected chi connectivity index (χ0v) is 10.7. The van der Waals surface area contributed by atoms with Gasteiger partial charge in [0.1, 0.15) is 0 Å². The van der Waals surface area contributed by atoms with Crippen LogP contribution in [0.25, 0.3) is 0 Å². The van der Waals surface area contributed by atoms with Crippen molar-refractivity contribution in [2.45, 2.75) is 39.8 Å². The van der Waals surface area contributed by atoms with Gasteiger partial charge in [0.2, 0.25) is 0 Å². The average Bonchev–Trinajstić information content (AvgIpc) is 2.77. The van der Waals surface area contributed by atoms with Crippen LogP contribution in [0.4, 0.5) is 0 Å². The van der Waals surface area contributed by atoms with Gasteiger partial charge in [-0.05, 0) is 26.4 Å². The van der Waals surface area contributed by atoms with Gasteiger partial charge in [-0.15, -0.1) is 0 Å². The maximum atomic E-state index is 5.88. The Bertz CT molecular complexity index is 295. The van der Waals surface area contributed by atoms with Crippen molar-refractivity contribution in [3.8, 4) is 0 Å². The van der Waals surface area contributed by atoms with E-state index in [1.807, 2.05) is 10.9 Å². The molecule has 1 aromatic heterocycles. The second kappa shape index (κ2) is 6.66. The van der Waals surface area contributed by atoms with Crippen molar-refractivity contribution in [1.29, 1.82) is 0 Å². The first-order valence-corrected chi connectivity index (χ1v) is 6.23. The number of aromatic nitrogens is 2. The molecule has 1 unspecified atom stereocenters. The van der Waals surface area contributed by atoms with E-state index in [1.54, 1.807) is 0 Å². The fourth-order valence-electron chi connectivity index (χ4n) is 2.04. The smallest absolute Gasteiger partial charge is 0.0538 e. The Morgan fingerprint density at radius 3 is 2.62 bits per heavy atom. The first-order chi connectivity index (χ1) is 7.76. The molecule has 4 nitrogen and oxygen atoms in total. The number of aryl methyl sites for hydroxylation is 1. The first-order valence-electron chi connectivity index (χ1n) is 6.23. The Kier molecular flexibility index (Phi) is 5.49. The van der Waals surface area contributed by atoms with Gasteiger partial charge in [-0.25, -0.2) is 0 Å². The van der Waals surface area contributed by atoms with Crippen molar-refractivity contribution in [2.75, 3.05) is 19.6 Å². The highest BCUT2D eigenvalue weighted by molar-refractivity contribution is 5.11. The molecule has 2 N–H and O–H groups in total. The lowest BCUT2D eigenvalue weighted by molar-refractivity contribution is 0.212. The molecule has 16 heavy (non-hydrogen) atoms. The molecule has 92 valence electrons. The maximum Gasteiger partial charge on any atom is 0.0538 e. The van der Waals surface area contributed by atoms with Crippen molar-refractivity contribution in [3.05, 3.63) is 18.0 Å². The van der Waals surface area contributed by atoms with Gasteiger partial charge in [-0.2, -0.15) is 5.10 Å². The van der Waals surface area contributed by atoms with Crippen LogP contribution in [-0.2, 0) is 6.54 Å². The molecule has 0 aliphatic carbocycles. The Balaban J connectivity index is 2.78. The molecule has 0 amide bonds. The molecule has 0 fully saturated rings. The molecule has 0 spiro atoms. The van der Waals surface area contributed by atoms with Gasteiger partial charge in [0.25, 0.3) is 0 Å². The fourth-order valence-corrected chi connectivity index (χ4v) is 2.04. The molecular weight excluding hydrogens is 200 g/mol. The highest BCUT2D eigenvalue weighted by Crippen LogP contribution is 2.19. The summed E-state index contributed by atoms with van der Waals surface area (Å²) < 4.78 is 1.96. The first kappa shape index (κ1) is 13.2. The van der Waals surface area contributed by atoms with Crippen LogP contribution in [0.3, 0.4) is 0 Å². The maximum absolute atomic E-state index is 5.88. The van der Waals surface area contributed by atoms with E-state index in [-0.39, 0.29) is 0 Å². The van der Waals surface area contributed by atoms with Gasteiger partial charge < -0.3 is 5.73 Å². The monoisotopic (exact) mass is 224 g/mol. The summed E-state index contributed by atoms with van der Waals surface area (Å²) >= 11 is 0. The second-order valence-corrected chi connectivity index (χ2v) is 4.01. The summed E-state index contributed by atoms with van der Waals surface area (Å²) in [5.41, 5.74) is 7.12. The quantitative estimate of drug-likeness (QED) is 0.766. The summed E-state index contributed by atoms with van der Waals surface area (Å²) in [5.74, 6) is 0. The van der Waals surface area contributed by atoms with E-state index in [1.165, 1.54) is 5.56 Å². The predicted molar refractivity (Wildman–Crippen MR) is 67.2 cm³/mol. The van der Waals surface area contributed by atoms with Gasteiger partial charge in [-0.3, -0.25) is 9.58 Å². The number of nitrogens with zero attached hydrogens (tertiary/aromatic N) is 3. The normalized spacial score (nSPS) is 13.3. The zero-order chi connectivity index (χ0) is 12.0.